The Kier molecular flexibility index (Phi) is 5.37. The number of benzene rings is 2. The van der Waals surface area contributed by atoms with E-state index in [0.717, 1.165) is 11.1 Å². The van der Waals surface area contributed by atoms with Crippen molar-refractivity contribution in [3.63, 3.8) is 0 Å². The first-order valence-electron chi connectivity index (χ1n) is 8.76. The van der Waals surface area contributed by atoms with E-state index in [9.17, 15) is 8.78 Å². The lowest BCUT2D eigenvalue weighted by Gasteiger charge is -2.20. The fraction of sp³-hybridized carbons (Fsp3) is 0.381. The van der Waals surface area contributed by atoms with E-state index >= 15 is 0 Å². The maximum atomic E-state index is 13.6. The van der Waals surface area contributed by atoms with Crippen molar-refractivity contribution in [3.8, 4) is 16.9 Å². The molecule has 2 atom stereocenters. The first kappa shape index (κ1) is 18.5. The second-order valence-electron chi connectivity index (χ2n) is 6.51. The second kappa shape index (κ2) is 7.54. The number of rotatable bonds is 6. The van der Waals surface area contributed by atoms with Crippen molar-refractivity contribution in [1.29, 1.82) is 0 Å². The smallest absolute Gasteiger partial charge is 0.278 e. The molecule has 0 radical (unpaired) electrons. The van der Waals surface area contributed by atoms with Gasteiger partial charge in [0.25, 0.3) is 5.92 Å². The van der Waals surface area contributed by atoms with Crippen LogP contribution in [0.3, 0.4) is 0 Å². The summed E-state index contributed by atoms with van der Waals surface area (Å²) in [5, 5.41) is 0. The Morgan fingerprint density at radius 1 is 1.15 bits per heavy atom. The number of nitrogens with zero attached hydrogens (tertiary/aromatic N) is 1. The molecule has 5 heteroatoms. The van der Waals surface area contributed by atoms with Crippen LogP contribution in [0, 0.1) is 13.8 Å². The van der Waals surface area contributed by atoms with Gasteiger partial charge >= 0.3 is 0 Å². The Morgan fingerprint density at radius 3 is 2.69 bits per heavy atom. The van der Waals surface area contributed by atoms with Crippen LogP contribution in [-0.2, 0) is 4.74 Å². The lowest BCUT2D eigenvalue weighted by atomic mass is 9.97. The predicted molar refractivity (Wildman–Crippen MR) is 99.2 cm³/mol. The summed E-state index contributed by atoms with van der Waals surface area (Å²) in [6, 6.07) is 13.9. The largest absolute Gasteiger partial charge is 0.489 e. The minimum atomic E-state index is -2.90. The fourth-order valence-electron chi connectivity index (χ4n) is 2.89. The Labute approximate surface area is 152 Å². The summed E-state index contributed by atoms with van der Waals surface area (Å²) in [5.74, 6) is -2.24. The van der Waals surface area contributed by atoms with Crippen molar-refractivity contribution >= 4 is 6.21 Å². The maximum Gasteiger partial charge on any atom is 0.278 e. The van der Waals surface area contributed by atoms with Crippen molar-refractivity contribution in [1.82, 2.24) is 0 Å². The third kappa shape index (κ3) is 3.93. The molecule has 3 nitrogen and oxygen atoms in total. The van der Waals surface area contributed by atoms with E-state index in [4.69, 9.17) is 9.47 Å². The second-order valence-corrected chi connectivity index (χ2v) is 6.51. The molecular weight excluding hydrogens is 336 g/mol. The van der Waals surface area contributed by atoms with Crippen LogP contribution < -0.4 is 4.74 Å². The van der Waals surface area contributed by atoms with Gasteiger partial charge in [-0.25, -0.2) is 8.78 Å². The molecule has 1 aliphatic rings. The van der Waals surface area contributed by atoms with Gasteiger partial charge in [-0.15, -0.1) is 0 Å². The molecule has 0 spiro atoms. The van der Waals surface area contributed by atoms with Gasteiger partial charge in [-0.05, 0) is 48.2 Å². The van der Waals surface area contributed by atoms with E-state index in [2.05, 4.69) is 31.0 Å². The van der Waals surface area contributed by atoms with E-state index in [1.54, 1.807) is 0 Å². The highest BCUT2D eigenvalue weighted by atomic mass is 19.3. The molecule has 0 fully saturated rings. The van der Waals surface area contributed by atoms with Crippen LogP contribution in [0.4, 0.5) is 8.78 Å². The molecule has 2 aromatic carbocycles. The zero-order valence-corrected chi connectivity index (χ0v) is 15.2. The van der Waals surface area contributed by atoms with Crippen molar-refractivity contribution in [2.45, 2.75) is 45.4 Å². The molecule has 0 bridgehead atoms. The van der Waals surface area contributed by atoms with E-state index < -0.39 is 18.3 Å². The molecular formula is C21H23F2NO2. The molecule has 1 unspecified atom stereocenters. The zero-order chi connectivity index (χ0) is 18.7. The molecule has 138 valence electrons. The number of ether oxygens (including phenoxy) is 2. The van der Waals surface area contributed by atoms with Gasteiger partial charge < -0.3 is 9.47 Å². The van der Waals surface area contributed by atoms with Crippen LogP contribution in [0.1, 0.15) is 24.5 Å². The minimum Gasteiger partial charge on any atom is -0.489 e. The molecule has 0 aromatic heterocycles. The molecule has 0 N–H and O–H groups in total. The van der Waals surface area contributed by atoms with Gasteiger partial charge in [0.05, 0.1) is 0 Å². The lowest BCUT2D eigenvalue weighted by molar-refractivity contribution is -0.122. The monoisotopic (exact) mass is 359 g/mol. The molecule has 0 saturated heterocycles. The quantitative estimate of drug-likeness (QED) is 0.711. The Morgan fingerprint density at radius 2 is 1.92 bits per heavy atom. The summed E-state index contributed by atoms with van der Waals surface area (Å²) in [6.07, 6.45) is -1.08. The third-order valence-corrected chi connectivity index (χ3v) is 4.72. The van der Waals surface area contributed by atoms with Gasteiger partial charge in [0.15, 0.2) is 12.3 Å². The molecule has 0 amide bonds. The number of aryl methyl sites for hydroxylation is 1. The standard InChI is InChI=1S/C21H23F2NO2/c1-4-21(22,23)19-12-24-20(26-19)13-25-17-9-6-8-16(11-17)18-10-5-7-14(2)15(18)3/h5-12,19-20H,4,13H2,1-3H3/t19?,20-/m0/s1. The van der Waals surface area contributed by atoms with Crippen molar-refractivity contribution in [2.24, 2.45) is 4.99 Å². The van der Waals surface area contributed by atoms with E-state index in [1.807, 2.05) is 30.3 Å². The van der Waals surface area contributed by atoms with E-state index in [0.29, 0.717) is 5.75 Å². The Hall–Kier alpha value is -2.27. The summed E-state index contributed by atoms with van der Waals surface area (Å²) < 4.78 is 38.3. The lowest BCUT2D eigenvalue weighted by Crippen LogP contribution is -2.36. The maximum absolute atomic E-state index is 13.6. The Balaban J connectivity index is 1.66. The molecule has 3 rings (SSSR count). The van der Waals surface area contributed by atoms with E-state index in [-0.39, 0.29) is 13.0 Å². The van der Waals surface area contributed by atoms with Crippen molar-refractivity contribution in [3.05, 3.63) is 53.6 Å². The molecule has 2 aromatic rings. The highest BCUT2D eigenvalue weighted by molar-refractivity contribution is 5.69. The number of hydrogen-bond acceptors (Lipinski definition) is 3. The summed E-state index contributed by atoms with van der Waals surface area (Å²) >= 11 is 0. The van der Waals surface area contributed by atoms with Crippen LogP contribution in [0.5, 0.6) is 5.75 Å². The van der Waals surface area contributed by atoms with Crippen LogP contribution in [0.2, 0.25) is 0 Å². The average molecular weight is 359 g/mol. The number of aliphatic imine (C=N–C) groups is 1. The third-order valence-electron chi connectivity index (χ3n) is 4.72. The Bertz CT molecular complexity index is 804. The summed E-state index contributed by atoms with van der Waals surface area (Å²) in [5.41, 5.74) is 4.64. The van der Waals surface area contributed by atoms with Gasteiger partial charge in [0, 0.05) is 12.6 Å². The van der Waals surface area contributed by atoms with Crippen LogP contribution in [-0.4, -0.2) is 31.1 Å². The normalized spacial score (nSPS) is 19.7. The minimum absolute atomic E-state index is 0.100. The highest BCUT2D eigenvalue weighted by Gasteiger charge is 2.41. The topological polar surface area (TPSA) is 30.8 Å². The highest BCUT2D eigenvalue weighted by Crippen LogP contribution is 2.30. The molecule has 1 heterocycles. The summed E-state index contributed by atoms with van der Waals surface area (Å²) in [4.78, 5) is 4.00. The SMILES string of the molecule is CCC(F)(F)C1C=N[C@H](COc2cccc(-c3cccc(C)c3C)c2)O1. The number of hydrogen-bond donors (Lipinski definition) is 0. The molecule has 0 saturated carbocycles. The van der Waals surface area contributed by atoms with Crippen molar-refractivity contribution < 1.29 is 18.3 Å². The van der Waals surface area contributed by atoms with Gasteiger partial charge in [0.1, 0.15) is 12.4 Å². The number of alkyl halides is 2. The summed E-state index contributed by atoms with van der Waals surface area (Å²) in [6.45, 7) is 5.70. The van der Waals surface area contributed by atoms with Crippen LogP contribution >= 0.6 is 0 Å². The first-order chi connectivity index (χ1) is 12.4. The number of halogens is 2. The zero-order valence-electron chi connectivity index (χ0n) is 15.2. The predicted octanol–water partition coefficient (Wildman–Crippen LogP) is 5.19. The average Bonchev–Trinajstić information content (AvgIpc) is 3.12. The van der Waals surface area contributed by atoms with Crippen LogP contribution in [0.25, 0.3) is 11.1 Å². The summed E-state index contributed by atoms with van der Waals surface area (Å²) in [7, 11) is 0. The van der Waals surface area contributed by atoms with Gasteiger partial charge in [-0.3, -0.25) is 4.99 Å². The van der Waals surface area contributed by atoms with Crippen LogP contribution in [0.15, 0.2) is 47.5 Å². The molecule has 1 aliphatic heterocycles. The van der Waals surface area contributed by atoms with E-state index in [1.165, 1.54) is 24.3 Å². The van der Waals surface area contributed by atoms with Gasteiger partial charge in [-0.2, -0.15) is 0 Å². The fourth-order valence-corrected chi connectivity index (χ4v) is 2.89. The molecule has 26 heavy (non-hydrogen) atoms. The van der Waals surface area contributed by atoms with Gasteiger partial charge in [0.2, 0.25) is 0 Å². The first-order valence-corrected chi connectivity index (χ1v) is 8.76. The van der Waals surface area contributed by atoms with Gasteiger partial charge in [-0.1, -0.05) is 37.3 Å². The van der Waals surface area contributed by atoms with Crippen molar-refractivity contribution in [2.75, 3.05) is 6.61 Å². The molecule has 0 aliphatic carbocycles.